The molecule has 0 N–H and O–H groups in total. The van der Waals surface area contributed by atoms with Crippen molar-refractivity contribution < 1.29 is 9.47 Å². The van der Waals surface area contributed by atoms with Gasteiger partial charge in [-0.05, 0) is 24.3 Å². The van der Waals surface area contributed by atoms with Crippen LogP contribution in [0.2, 0.25) is 0 Å². The Balaban J connectivity index is 1.86. The number of nitrogens with zero attached hydrogens (tertiary/aromatic N) is 1. The lowest BCUT2D eigenvalue weighted by Gasteiger charge is -2.05. The number of pyridine rings is 1. The van der Waals surface area contributed by atoms with Crippen LogP contribution < -0.4 is 9.47 Å². The lowest BCUT2D eigenvalue weighted by Crippen LogP contribution is -1.92. The average molecular weight is 328 g/mol. The second kappa shape index (κ2) is 4.49. The van der Waals surface area contributed by atoms with Crippen LogP contribution in [0.3, 0.4) is 0 Å². The van der Waals surface area contributed by atoms with Gasteiger partial charge in [0.25, 0.3) is 0 Å². The van der Waals surface area contributed by atoms with Crippen molar-refractivity contribution >= 4 is 26.8 Å². The minimum Gasteiger partial charge on any atom is -0.454 e. The minimum atomic E-state index is 0.283. The Morgan fingerprint density at radius 2 is 1.65 bits per heavy atom. The molecule has 1 aliphatic rings. The highest BCUT2D eigenvalue weighted by Crippen LogP contribution is 2.36. The second-order valence-corrected chi connectivity index (χ2v) is 5.52. The van der Waals surface area contributed by atoms with Gasteiger partial charge in [-0.25, -0.2) is 4.98 Å². The molecule has 0 fully saturated rings. The third-order valence-electron chi connectivity index (χ3n) is 3.32. The Morgan fingerprint density at radius 3 is 2.45 bits per heavy atom. The van der Waals surface area contributed by atoms with E-state index in [4.69, 9.17) is 14.5 Å². The summed E-state index contributed by atoms with van der Waals surface area (Å²) in [5.41, 5.74) is 2.95. The summed E-state index contributed by atoms with van der Waals surface area (Å²) in [6.07, 6.45) is 0. The summed E-state index contributed by atoms with van der Waals surface area (Å²) >= 11 is 3.44. The maximum Gasteiger partial charge on any atom is 0.231 e. The first-order valence-corrected chi connectivity index (χ1v) is 7.05. The van der Waals surface area contributed by atoms with Crippen LogP contribution in [0, 0.1) is 0 Å². The van der Waals surface area contributed by atoms with E-state index in [9.17, 15) is 0 Å². The average Bonchev–Trinajstić information content (AvgIpc) is 2.92. The topological polar surface area (TPSA) is 31.4 Å². The van der Waals surface area contributed by atoms with Crippen molar-refractivity contribution in [3.8, 4) is 22.8 Å². The molecule has 2 aromatic carbocycles. The molecule has 3 nitrogen and oxygen atoms in total. The van der Waals surface area contributed by atoms with Crippen LogP contribution in [-0.2, 0) is 0 Å². The summed E-state index contributed by atoms with van der Waals surface area (Å²) < 4.78 is 11.8. The summed E-state index contributed by atoms with van der Waals surface area (Å²) in [6.45, 7) is 0.283. The third kappa shape index (κ3) is 1.93. The van der Waals surface area contributed by atoms with E-state index >= 15 is 0 Å². The van der Waals surface area contributed by atoms with E-state index in [1.54, 1.807) is 0 Å². The van der Waals surface area contributed by atoms with E-state index < -0.39 is 0 Å². The molecule has 4 heteroatoms. The number of benzene rings is 2. The van der Waals surface area contributed by atoms with E-state index in [0.717, 1.165) is 38.1 Å². The molecule has 1 aliphatic heterocycles. The molecular weight excluding hydrogens is 318 g/mol. The highest BCUT2D eigenvalue weighted by Gasteiger charge is 2.14. The van der Waals surface area contributed by atoms with E-state index in [0.29, 0.717) is 0 Å². The molecule has 0 aliphatic carbocycles. The highest BCUT2D eigenvalue weighted by molar-refractivity contribution is 9.10. The molecule has 3 aromatic rings. The van der Waals surface area contributed by atoms with Crippen molar-refractivity contribution in [3.05, 3.63) is 53.0 Å². The number of hydrogen-bond donors (Lipinski definition) is 0. The number of rotatable bonds is 1. The standard InChI is InChI=1S/C16H10BrNO2/c17-12-4-1-10(2-5-12)13-6-3-11-7-15-16(20-9-19-15)8-14(11)18-13/h1-8H,9H2. The number of ether oxygens (including phenoxy) is 2. The van der Waals surface area contributed by atoms with Gasteiger partial charge in [-0.15, -0.1) is 0 Å². The molecule has 1 aromatic heterocycles. The van der Waals surface area contributed by atoms with Crippen molar-refractivity contribution in [2.24, 2.45) is 0 Å². The smallest absolute Gasteiger partial charge is 0.231 e. The molecule has 0 spiro atoms. The van der Waals surface area contributed by atoms with E-state index in [1.807, 2.05) is 42.5 Å². The van der Waals surface area contributed by atoms with Crippen LogP contribution in [0.1, 0.15) is 0 Å². The Morgan fingerprint density at radius 1 is 0.900 bits per heavy atom. The van der Waals surface area contributed by atoms with Gasteiger partial charge in [0.2, 0.25) is 6.79 Å². The first-order valence-electron chi connectivity index (χ1n) is 6.26. The van der Waals surface area contributed by atoms with Crippen LogP contribution in [0.15, 0.2) is 53.0 Å². The summed E-state index contributed by atoms with van der Waals surface area (Å²) in [6, 6.07) is 16.1. The summed E-state index contributed by atoms with van der Waals surface area (Å²) in [7, 11) is 0. The fraction of sp³-hybridized carbons (Fsp3) is 0.0625. The molecule has 0 amide bonds. The van der Waals surface area contributed by atoms with E-state index in [2.05, 4.69) is 22.0 Å². The van der Waals surface area contributed by atoms with E-state index in [1.165, 1.54) is 0 Å². The van der Waals surface area contributed by atoms with Gasteiger partial charge in [-0.3, -0.25) is 0 Å². The number of halogens is 1. The molecule has 0 saturated heterocycles. The van der Waals surface area contributed by atoms with Crippen LogP contribution in [0.5, 0.6) is 11.5 Å². The van der Waals surface area contributed by atoms with Crippen molar-refractivity contribution in [1.82, 2.24) is 4.98 Å². The van der Waals surface area contributed by atoms with Gasteiger partial charge >= 0.3 is 0 Å². The molecule has 98 valence electrons. The van der Waals surface area contributed by atoms with Gasteiger partial charge in [0.15, 0.2) is 11.5 Å². The lowest BCUT2D eigenvalue weighted by molar-refractivity contribution is 0.174. The summed E-state index contributed by atoms with van der Waals surface area (Å²) in [5, 5.41) is 1.05. The Labute approximate surface area is 124 Å². The summed E-state index contributed by atoms with van der Waals surface area (Å²) in [4.78, 5) is 4.70. The molecule has 4 rings (SSSR count). The van der Waals surface area contributed by atoms with Crippen molar-refractivity contribution in [1.29, 1.82) is 0 Å². The molecular formula is C16H10BrNO2. The first kappa shape index (κ1) is 11.7. The van der Waals surface area contributed by atoms with Crippen LogP contribution in [0.4, 0.5) is 0 Å². The molecule has 2 heterocycles. The van der Waals surface area contributed by atoms with Gasteiger partial charge in [-0.2, -0.15) is 0 Å². The Kier molecular flexibility index (Phi) is 2.63. The van der Waals surface area contributed by atoms with Gasteiger partial charge in [-0.1, -0.05) is 34.1 Å². The van der Waals surface area contributed by atoms with E-state index in [-0.39, 0.29) is 6.79 Å². The highest BCUT2D eigenvalue weighted by atomic mass is 79.9. The number of hydrogen-bond acceptors (Lipinski definition) is 3. The van der Waals surface area contributed by atoms with Gasteiger partial charge in [0.05, 0.1) is 11.2 Å². The van der Waals surface area contributed by atoms with Crippen molar-refractivity contribution in [2.45, 2.75) is 0 Å². The lowest BCUT2D eigenvalue weighted by atomic mass is 10.1. The molecule has 0 unspecified atom stereocenters. The molecule has 20 heavy (non-hydrogen) atoms. The summed E-state index contributed by atoms with van der Waals surface area (Å²) in [5.74, 6) is 1.55. The predicted octanol–water partition coefficient (Wildman–Crippen LogP) is 4.39. The fourth-order valence-corrected chi connectivity index (χ4v) is 2.56. The zero-order valence-electron chi connectivity index (χ0n) is 10.5. The fourth-order valence-electron chi connectivity index (χ4n) is 2.29. The monoisotopic (exact) mass is 327 g/mol. The molecule has 0 bridgehead atoms. The molecule has 0 radical (unpaired) electrons. The van der Waals surface area contributed by atoms with Gasteiger partial charge in [0.1, 0.15) is 0 Å². The Hall–Kier alpha value is -2.07. The van der Waals surface area contributed by atoms with Crippen molar-refractivity contribution in [3.63, 3.8) is 0 Å². The first-order chi connectivity index (χ1) is 9.79. The van der Waals surface area contributed by atoms with Crippen LogP contribution >= 0.6 is 15.9 Å². The normalized spacial score (nSPS) is 12.8. The number of aromatic nitrogens is 1. The molecule has 0 saturated carbocycles. The zero-order chi connectivity index (χ0) is 13.5. The largest absolute Gasteiger partial charge is 0.454 e. The number of fused-ring (bicyclic) bond motifs is 2. The quantitative estimate of drug-likeness (QED) is 0.664. The zero-order valence-corrected chi connectivity index (χ0v) is 12.1. The van der Waals surface area contributed by atoms with Gasteiger partial charge < -0.3 is 9.47 Å². The maximum absolute atomic E-state index is 5.40. The second-order valence-electron chi connectivity index (χ2n) is 4.60. The molecule has 0 atom stereocenters. The Bertz CT molecular complexity index is 799. The van der Waals surface area contributed by atoms with Crippen LogP contribution in [-0.4, -0.2) is 11.8 Å². The SMILES string of the molecule is Brc1ccc(-c2ccc3cc4c(cc3n2)OCO4)cc1. The van der Waals surface area contributed by atoms with Gasteiger partial charge in [0, 0.05) is 21.5 Å². The maximum atomic E-state index is 5.40. The third-order valence-corrected chi connectivity index (χ3v) is 3.85. The van der Waals surface area contributed by atoms with Crippen LogP contribution in [0.25, 0.3) is 22.2 Å². The van der Waals surface area contributed by atoms with Crippen molar-refractivity contribution in [2.75, 3.05) is 6.79 Å². The predicted molar refractivity (Wildman–Crippen MR) is 81.0 cm³/mol. The minimum absolute atomic E-state index is 0.283.